The van der Waals surface area contributed by atoms with Crippen LogP contribution in [0.4, 0.5) is 0 Å². The van der Waals surface area contributed by atoms with Crippen LogP contribution in [0.3, 0.4) is 0 Å². The zero-order valence-corrected chi connectivity index (χ0v) is 8.10. The second-order valence-corrected chi connectivity index (χ2v) is 3.66. The third-order valence-electron chi connectivity index (χ3n) is 1.91. The minimum absolute atomic E-state index is 0.358. The molecule has 66 valence electrons. The number of aliphatic hydroxyl groups excluding tert-OH is 1. The van der Waals surface area contributed by atoms with Crippen molar-refractivity contribution in [3.05, 3.63) is 34.5 Å². The molecule has 0 aliphatic carbocycles. The average molecular weight is 182 g/mol. The quantitative estimate of drug-likeness (QED) is 0.709. The molecule has 1 aromatic rings. The van der Waals surface area contributed by atoms with E-state index in [-0.39, 0.29) is 6.10 Å². The lowest BCUT2D eigenvalue weighted by atomic mass is 10.0. The lowest BCUT2D eigenvalue weighted by Gasteiger charge is -2.09. The highest BCUT2D eigenvalue weighted by molar-refractivity contribution is 7.07. The molecule has 1 N–H and O–H groups in total. The van der Waals surface area contributed by atoms with Crippen molar-refractivity contribution in [2.45, 2.75) is 25.9 Å². The van der Waals surface area contributed by atoms with Gasteiger partial charge in [-0.1, -0.05) is 19.1 Å². The standard InChI is InChI=1S/C10H14OS/c1-3-8(2)6-10(11)9-4-5-12-7-9/h4-5,7,10-11H,2-3,6H2,1H3. The van der Waals surface area contributed by atoms with Gasteiger partial charge in [0.15, 0.2) is 0 Å². The number of hydrogen-bond donors (Lipinski definition) is 1. The summed E-state index contributed by atoms with van der Waals surface area (Å²) >= 11 is 1.61. The largest absolute Gasteiger partial charge is 0.388 e. The van der Waals surface area contributed by atoms with E-state index in [0.717, 1.165) is 17.6 Å². The highest BCUT2D eigenvalue weighted by Crippen LogP contribution is 2.23. The van der Waals surface area contributed by atoms with Crippen LogP contribution in [-0.4, -0.2) is 5.11 Å². The summed E-state index contributed by atoms with van der Waals surface area (Å²) in [5.74, 6) is 0. The van der Waals surface area contributed by atoms with Crippen molar-refractivity contribution in [1.29, 1.82) is 0 Å². The Balaban J connectivity index is 2.49. The minimum Gasteiger partial charge on any atom is -0.388 e. The fraction of sp³-hybridized carbons (Fsp3) is 0.400. The lowest BCUT2D eigenvalue weighted by Crippen LogP contribution is -1.96. The highest BCUT2D eigenvalue weighted by Gasteiger charge is 2.07. The first kappa shape index (κ1) is 9.49. The number of hydrogen-bond acceptors (Lipinski definition) is 2. The highest BCUT2D eigenvalue weighted by atomic mass is 32.1. The molecule has 1 unspecified atom stereocenters. The molecular formula is C10H14OS. The van der Waals surface area contributed by atoms with Crippen molar-refractivity contribution in [2.24, 2.45) is 0 Å². The SMILES string of the molecule is C=C(CC)CC(O)c1ccsc1. The van der Waals surface area contributed by atoms with Gasteiger partial charge in [-0.25, -0.2) is 0 Å². The van der Waals surface area contributed by atoms with Crippen LogP contribution in [0.15, 0.2) is 29.0 Å². The smallest absolute Gasteiger partial charge is 0.0835 e. The Morgan fingerprint density at radius 1 is 1.75 bits per heavy atom. The van der Waals surface area contributed by atoms with Gasteiger partial charge in [-0.3, -0.25) is 0 Å². The summed E-state index contributed by atoms with van der Waals surface area (Å²) in [7, 11) is 0. The molecule has 0 spiro atoms. The molecule has 1 rings (SSSR count). The van der Waals surface area contributed by atoms with Gasteiger partial charge in [0.1, 0.15) is 0 Å². The van der Waals surface area contributed by atoms with Crippen LogP contribution in [0.2, 0.25) is 0 Å². The van der Waals surface area contributed by atoms with Crippen molar-refractivity contribution >= 4 is 11.3 Å². The van der Waals surface area contributed by atoms with Crippen LogP contribution in [0, 0.1) is 0 Å². The average Bonchev–Trinajstić information content (AvgIpc) is 2.56. The molecule has 0 radical (unpaired) electrons. The molecule has 12 heavy (non-hydrogen) atoms. The second kappa shape index (κ2) is 4.43. The Bertz CT molecular complexity index is 238. The molecule has 0 fully saturated rings. The normalized spacial score (nSPS) is 12.8. The van der Waals surface area contributed by atoms with Gasteiger partial charge in [0.2, 0.25) is 0 Å². The van der Waals surface area contributed by atoms with Crippen molar-refractivity contribution in [2.75, 3.05) is 0 Å². The Hall–Kier alpha value is -0.600. The van der Waals surface area contributed by atoms with Crippen molar-refractivity contribution < 1.29 is 5.11 Å². The Morgan fingerprint density at radius 3 is 3.00 bits per heavy atom. The van der Waals surface area contributed by atoms with Gasteiger partial charge in [-0.05, 0) is 35.2 Å². The van der Waals surface area contributed by atoms with Crippen LogP contribution >= 0.6 is 11.3 Å². The van der Waals surface area contributed by atoms with Crippen LogP contribution < -0.4 is 0 Å². The molecular weight excluding hydrogens is 168 g/mol. The molecule has 1 aromatic heterocycles. The van der Waals surface area contributed by atoms with Crippen LogP contribution in [0.25, 0.3) is 0 Å². The summed E-state index contributed by atoms with van der Waals surface area (Å²) in [5, 5.41) is 13.6. The zero-order chi connectivity index (χ0) is 8.97. The summed E-state index contributed by atoms with van der Waals surface area (Å²) in [6.07, 6.45) is 1.28. The van der Waals surface area contributed by atoms with Gasteiger partial charge < -0.3 is 5.11 Å². The van der Waals surface area contributed by atoms with E-state index < -0.39 is 0 Å². The predicted octanol–water partition coefficient (Wildman–Crippen LogP) is 3.14. The fourth-order valence-electron chi connectivity index (χ4n) is 1.00. The fourth-order valence-corrected chi connectivity index (χ4v) is 1.71. The van der Waals surface area contributed by atoms with Gasteiger partial charge in [0.05, 0.1) is 6.10 Å². The van der Waals surface area contributed by atoms with Gasteiger partial charge >= 0.3 is 0 Å². The first-order valence-corrected chi connectivity index (χ1v) is 5.05. The monoisotopic (exact) mass is 182 g/mol. The van der Waals surface area contributed by atoms with Crippen LogP contribution in [-0.2, 0) is 0 Å². The summed E-state index contributed by atoms with van der Waals surface area (Å²) in [4.78, 5) is 0. The third-order valence-corrected chi connectivity index (χ3v) is 2.61. The van der Waals surface area contributed by atoms with E-state index in [1.165, 1.54) is 0 Å². The maximum absolute atomic E-state index is 9.66. The Morgan fingerprint density at radius 2 is 2.50 bits per heavy atom. The molecule has 1 nitrogen and oxygen atoms in total. The topological polar surface area (TPSA) is 20.2 Å². The zero-order valence-electron chi connectivity index (χ0n) is 7.29. The summed E-state index contributed by atoms with van der Waals surface area (Å²) in [6, 6.07) is 1.96. The summed E-state index contributed by atoms with van der Waals surface area (Å²) in [6.45, 7) is 5.92. The molecule has 0 saturated heterocycles. The van der Waals surface area contributed by atoms with Crippen molar-refractivity contribution in [3.8, 4) is 0 Å². The van der Waals surface area contributed by atoms with Crippen molar-refractivity contribution in [3.63, 3.8) is 0 Å². The van der Waals surface area contributed by atoms with E-state index in [0.29, 0.717) is 6.42 Å². The summed E-state index contributed by atoms with van der Waals surface area (Å²) in [5.41, 5.74) is 2.11. The maximum Gasteiger partial charge on any atom is 0.0835 e. The number of rotatable bonds is 4. The molecule has 0 bridgehead atoms. The van der Waals surface area contributed by atoms with Gasteiger partial charge in [-0.15, -0.1) is 0 Å². The van der Waals surface area contributed by atoms with Gasteiger partial charge in [0, 0.05) is 0 Å². The van der Waals surface area contributed by atoms with Gasteiger partial charge in [0.25, 0.3) is 0 Å². The van der Waals surface area contributed by atoms with E-state index in [1.54, 1.807) is 11.3 Å². The number of thiophene rings is 1. The Labute approximate surface area is 77.4 Å². The predicted molar refractivity (Wildman–Crippen MR) is 53.3 cm³/mol. The van der Waals surface area contributed by atoms with E-state index in [2.05, 4.69) is 13.5 Å². The molecule has 0 aliphatic heterocycles. The van der Waals surface area contributed by atoms with Crippen molar-refractivity contribution in [1.82, 2.24) is 0 Å². The summed E-state index contributed by atoms with van der Waals surface area (Å²) < 4.78 is 0. The van der Waals surface area contributed by atoms with Gasteiger partial charge in [-0.2, -0.15) is 11.3 Å². The Kier molecular flexibility index (Phi) is 3.50. The molecule has 2 heteroatoms. The van der Waals surface area contributed by atoms with E-state index in [4.69, 9.17) is 0 Å². The molecule has 0 saturated carbocycles. The number of aliphatic hydroxyl groups is 1. The molecule has 0 aliphatic rings. The molecule has 0 aromatic carbocycles. The van der Waals surface area contributed by atoms with Crippen LogP contribution in [0.1, 0.15) is 31.4 Å². The maximum atomic E-state index is 9.66. The first-order valence-electron chi connectivity index (χ1n) is 4.10. The van der Waals surface area contributed by atoms with E-state index in [9.17, 15) is 5.11 Å². The molecule has 0 amide bonds. The lowest BCUT2D eigenvalue weighted by molar-refractivity contribution is 0.178. The minimum atomic E-state index is -0.358. The van der Waals surface area contributed by atoms with E-state index >= 15 is 0 Å². The second-order valence-electron chi connectivity index (χ2n) is 2.88. The van der Waals surface area contributed by atoms with E-state index in [1.807, 2.05) is 16.8 Å². The molecule has 1 atom stereocenters. The van der Waals surface area contributed by atoms with Crippen LogP contribution in [0.5, 0.6) is 0 Å². The molecule has 1 heterocycles. The first-order chi connectivity index (χ1) is 5.74. The third kappa shape index (κ3) is 2.47.